The van der Waals surface area contributed by atoms with E-state index in [2.05, 4.69) is 51.4 Å². The van der Waals surface area contributed by atoms with Crippen LogP contribution in [0, 0.1) is 20.8 Å². The summed E-state index contributed by atoms with van der Waals surface area (Å²) in [5.41, 5.74) is 4.53. The molecule has 1 aliphatic heterocycles. The fourth-order valence-electron chi connectivity index (χ4n) is 4.11. The summed E-state index contributed by atoms with van der Waals surface area (Å²) in [5.74, 6) is -0.300. The number of hydrogen-bond donors (Lipinski definition) is 1. The van der Waals surface area contributed by atoms with Crippen LogP contribution in [0.25, 0.3) is 0 Å². The molecule has 0 saturated carbocycles. The Kier molecular flexibility index (Phi) is 6.35. The number of carbonyl (C=O) groups is 1. The lowest BCUT2D eigenvalue weighted by Gasteiger charge is -2.34. The highest BCUT2D eigenvalue weighted by Gasteiger charge is 2.24. The summed E-state index contributed by atoms with van der Waals surface area (Å²) in [6.45, 7) is 7.78. The molecule has 7 nitrogen and oxygen atoms in total. The number of nitrogens with one attached hydrogen (secondary N) is 1. The van der Waals surface area contributed by atoms with Crippen LogP contribution in [0.2, 0.25) is 0 Å². The Morgan fingerprint density at radius 2 is 1.88 bits per heavy atom. The molecule has 3 heterocycles. The van der Waals surface area contributed by atoms with E-state index in [0.717, 1.165) is 31.6 Å². The van der Waals surface area contributed by atoms with Crippen LogP contribution in [0.4, 0.5) is 5.69 Å². The molecule has 1 aromatic carbocycles. The standard InChI is InChI=1S/C25H29N5O2/c1-17-5-4-6-22(13-17)29-11-8-20(9-12-29)28-24(31)23-18(2)7-10-30(25(23)32)16-21-15-26-19(3)14-27-21/h4-7,10,13-15,20H,8-9,11-12,16H2,1-3H3,(H,28,31). The van der Waals surface area contributed by atoms with E-state index in [-0.39, 0.29) is 29.6 Å². The Morgan fingerprint density at radius 1 is 1.09 bits per heavy atom. The van der Waals surface area contributed by atoms with Gasteiger partial charge in [-0.2, -0.15) is 0 Å². The van der Waals surface area contributed by atoms with Crippen LogP contribution in [0.5, 0.6) is 0 Å². The molecular weight excluding hydrogens is 402 g/mol. The van der Waals surface area contributed by atoms with Gasteiger partial charge < -0.3 is 14.8 Å². The zero-order valence-corrected chi connectivity index (χ0v) is 18.8. The van der Waals surface area contributed by atoms with Gasteiger partial charge in [-0.1, -0.05) is 12.1 Å². The Balaban J connectivity index is 1.43. The third kappa shape index (κ3) is 4.88. The van der Waals surface area contributed by atoms with Gasteiger partial charge in [0.15, 0.2) is 0 Å². The van der Waals surface area contributed by atoms with E-state index in [4.69, 9.17) is 0 Å². The lowest BCUT2D eigenvalue weighted by atomic mass is 10.0. The Bertz CT molecular complexity index is 1160. The second-order valence-corrected chi connectivity index (χ2v) is 8.53. The molecule has 1 saturated heterocycles. The molecule has 1 aliphatic rings. The zero-order valence-electron chi connectivity index (χ0n) is 18.8. The summed E-state index contributed by atoms with van der Waals surface area (Å²) in [4.78, 5) is 37.0. The Hall–Kier alpha value is -3.48. The van der Waals surface area contributed by atoms with Gasteiger partial charge >= 0.3 is 0 Å². The first kappa shape index (κ1) is 21.7. The average Bonchev–Trinajstić information content (AvgIpc) is 2.78. The number of hydrogen-bond acceptors (Lipinski definition) is 5. The number of carbonyl (C=O) groups excluding carboxylic acids is 1. The van der Waals surface area contributed by atoms with Crippen LogP contribution in [0.1, 0.15) is 45.7 Å². The van der Waals surface area contributed by atoms with Gasteiger partial charge in [-0.05, 0) is 62.9 Å². The second kappa shape index (κ2) is 9.34. The summed E-state index contributed by atoms with van der Waals surface area (Å²) < 4.78 is 1.52. The van der Waals surface area contributed by atoms with Crippen LogP contribution in [0.15, 0.2) is 53.7 Å². The minimum Gasteiger partial charge on any atom is -0.371 e. The molecule has 7 heteroatoms. The molecule has 4 rings (SSSR count). The molecule has 3 aromatic rings. The van der Waals surface area contributed by atoms with Crippen LogP contribution in [-0.4, -0.2) is 39.6 Å². The van der Waals surface area contributed by atoms with Crippen LogP contribution in [0.3, 0.4) is 0 Å². The average molecular weight is 432 g/mol. The highest BCUT2D eigenvalue weighted by atomic mass is 16.2. The number of pyridine rings is 1. The maximum Gasteiger partial charge on any atom is 0.264 e. The molecule has 0 aliphatic carbocycles. The smallest absolute Gasteiger partial charge is 0.264 e. The van der Waals surface area contributed by atoms with Crippen molar-refractivity contribution in [2.24, 2.45) is 0 Å². The number of amides is 1. The van der Waals surface area contributed by atoms with Crippen molar-refractivity contribution < 1.29 is 4.79 Å². The number of benzene rings is 1. The van der Waals surface area contributed by atoms with Gasteiger partial charge in [0, 0.05) is 37.2 Å². The third-order valence-corrected chi connectivity index (χ3v) is 5.96. The number of nitrogens with zero attached hydrogens (tertiary/aromatic N) is 4. The Labute approximate surface area is 188 Å². The van der Waals surface area contributed by atoms with Crippen molar-refractivity contribution in [1.82, 2.24) is 19.9 Å². The predicted molar refractivity (Wildman–Crippen MR) is 125 cm³/mol. The molecule has 0 unspecified atom stereocenters. The van der Waals surface area contributed by atoms with E-state index >= 15 is 0 Å². The monoisotopic (exact) mass is 431 g/mol. The molecule has 1 fully saturated rings. The van der Waals surface area contributed by atoms with E-state index < -0.39 is 0 Å². The molecule has 0 spiro atoms. The van der Waals surface area contributed by atoms with E-state index in [1.165, 1.54) is 15.8 Å². The SMILES string of the molecule is Cc1cccc(N2CCC(NC(=O)c3c(C)ccn(Cc4cnc(C)cn4)c3=O)CC2)c1. The number of rotatable bonds is 5. The predicted octanol–water partition coefficient (Wildman–Crippen LogP) is 3.01. The van der Waals surface area contributed by atoms with Gasteiger partial charge in [0.2, 0.25) is 0 Å². The zero-order chi connectivity index (χ0) is 22.7. The molecule has 32 heavy (non-hydrogen) atoms. The van der Waals surface area contributed by atoms with Gasteiger partial charge in [-0.15, -0.1) is 0 Å². The maximum absolute atomic E-state index is 13.1. The van der Waals surface area contributed by atoms with E-state index in [1.807, 2.05) is 6.92 Å². The van der Waals surface area contributed by atoms with Crippen molar-refractivity contribution in [2.75, 3.05) is 18.0 Å². The number of piperidine rings is 1. The van der Waals surface area contributed by atoms with Crippen molar-refractivity contribution in [3.8, 4) is 0 Å². The van der Waals surface area contributed by atoms with Crippen LogP contribution < -0.4 is 15.8 Å². The van der Waals surface area contributed by atoms with Crippen molar-refractivity contribution >= 4 is 11.6 Å². The molecule has 166 valence electrons. The van der Waals surface area contributed by atoms with E-state index in [1.54, 1.807) is 31.6 Å². The fraction of sp³-hybridized carbons (Fsp3) is 0.360. The normalized spacial score (nSPS) is 14.4. The molecule has 0 radical (unpaired) electrons. The minimum absolute atomic E-state index is 0.0546. The second-order valence-electron chi connectivity index (χ2n) is 8.53. The Morgan fingerprint density at radius 3 is 2.56 bits per heavy atom. The van der Waals surface area contributed by atoms with Crippen molar-refractivity contribution in [1.29, 1.82) is 0 Å². The van der Waals surface area contributed by atoms with Gasteiger partial charge in [0.25, 0.3) is 11.5 Å². The van der Waals surface area contributed by atoms with E-state index in [9.17, 15) is 9.59 Å². The van der Waals surface area contributed by atoms with Gasteiger partial charge in [0.1, 0.15) is 5.56 Å². The first-order valence-electron chi connectivity index (χ1n) is 11.0. The van der Waals surface area contributed by atoms with E-state index in [0.29, 0.717) is 11.3 Å². The number of aryl methyl sites for hydroxylation is 3. The summed E-state index contributed by atoms with van der Waals surface area (Å²) in [7, 11) is 0. The van der Waals surface area contributed by atoms with Crippen molar-refractivity contribution in [3.63, 3.8) is 0 Å². The summed E-state index contributed by atoms with van der Waals surface area (Å²) in [6, 6.07) is 10.3. The molecule has 2 aromatic heterocycles. The van der Waals surface area contributed by atoms with Crippen molar-refractivity contribution in [3.05, 3.63) is 87.4 Å². The molecule has 1 N–H and O–H groups in total. The topological polar surface area (TPSA) is 80.1 Å². The quantitative estimate of drug-likeness (QED) is 0.672. The highest BCUT2D eigenvalue weighted by Crippen LogP contribution is 2.21. The highest BCUT2D eigenvalue weighted by molar-refractivity contribution is 5.95. The fourth-order valence-corrected chi connectivity index (χ4v) is 4.11. The summed E-state index contributed by atoms with van der Waals surface area (Å²) in [6.07, 6.45) is 6.72. The number of anilines is 1. The van der Waals surface area contributed by atoms with Gasteiger partial charge in [-0.25, -0.2) is 0 Å². The molecule has 0 atom stereocenters. The summed E-state index contributed by atoms with van der Waals surface area (Å²) in [5, 5.41) is 3.09. The molecule has 1 amide bonds. The maximum atomic E-state index is 13.1. The minimum atomic E-state index is -0.304. The van der Waals surface area contributed by atoms with Crippen LogP contribution >= 0.6 is 0 Å². The van der Waals surface area contributed by atoms with Gasteiger partial charge in [-0.3, -0.25) is 19.6 Å². The lowest BCUT2D eigenvalue weighted by molar-refractivity contribution is 0.0928. The first-order valence-corrected chi connectivity index (χ1v) is 11.0. The molecule has 0 bridgehead atoms. The summed E-state index contributed by atoms with van der Waals surface area (Å²) >= 11 is 0. The molecular formula is C25H29N5O2. The largest absolute Gasteiger partial charge is 0.371 e. The first-order chi connectivity index (χ1) is 15.4. The van der Waals surface area contributed by atoms with Gasteiger partial charge in [0.05, 0.1) is 24.1 Å². The van der Waals surface area contributed by atoms with Crippen LogP contribution in [-0.2, 0) is 6.54 Å². The third-order valence-electron chi connectivity index (χ3n) is 5.96. The lowest BCUT2D eigenvalue weighted by Crippen LogP contribution is -2.46. The number of aromatic nitrogens is 3. The van der Waals surface area contributed by atoms with Crippen molar-refractivity contribution in [2.45, 2.75) is 46.2 Å².